The van der Waals surface area contributed by atoms with Gasteiger partial charge in [-0.2, -0.15) is 22.0 Å². The van der Waals surface area contributed by atoms with Gasteiger partial charge in [-0.3, -0.25) is 4.79 Å². The molecule has 0 aromatic heterocycles. The Hall–Kier alpha value is -2.19. The van der Waals surface area contributed by atoms with Crippen molar-refractivity contribution in [2.75, 3.05) is 7.11 Å². The summed E-state index contributed by atoms with van der Waals surface area (Å²) in [5, 5.41) is 0. The maximum atomic E-state index is 12.6. The molecular weight excluding hydrogens is 303 g/mol. The van der Waals surface area contributed by atoms with Crippen LogP contribution in [0.1, 0.15) is 5.56 Å². The summed E-state index contributed by atoms with van der Waals surface area (Å²) < 4.78 is 69.4. The zero-order valence-corrected chi connectivity index (χ0v) is 10.5. The van der Waals surface area contributed by atoms with Crippen LogP contribution in [0.3, 0.4) is 0 Å². The minimum absolute atomic E-state index is 0.122. The van der Waals surface area contributed by atoms with E-state index in [2.05, 4.69) is 9.47 Å². The maximum absolute atomic E-state index is 12.6. The van der Waals surface area contributed by atoms with E-state index in [4.69, 9.17) is 0 Å². The van der Waals surface area contributed by atoms with Crippen LogP contribution in [0.15, 0.2) is 24.3 Å². The number of carbonyl (C=O) groups is 2. The van der Waals surface area contributed by atoms with Crippen LogP contribution in [0, 0.1) is 0 Å². The second-order valence-corrected chi connectivity index (χ2v) is 3.86. The molecule has 0 unspecified atom stereocenters. The molecule has 0 fully saturated rings. The van der Waals surface area contributed by atoms with Crippen LogP contribution >= 0.6 is 0 Å². The fourth-order valence-electron chi connectivity index (χ4n) is 1.20. The third-order valence-corrected chi connectivity index (χ3v) is 2.32. The van der Waals surface area contributed by atoms with E-state index in [1.165, 1.54) is 12.1 Å². The van der Waals surface area contributed by atoms with Crippen molar-refractivity contribution in [3.8, 4) is 5.75 Å². The molecule has 116 valence electrons. The van der Waals surface area contributed by atoms with Gasteiger partial charge in [0, 0.05) is 0 Å². The van der Waals surface area contributed by atoms with Crippen LogP contribution in [0.5, 0.6) is 5.75 Å². The SMILES string of the molecule is COC(=O)Cc1ccc(OC(=O)C(F)(F)C(F)(F)F)cc1. The smallest absolute Gasteiger partial charge is 0.465 e. The summed E-state index contributed by atoms with van der Waals surface area (Å²) in [6.45, 7) is 0. The second kappa shape index (κ2) is 6.06. The zero-order chi connectivity index (χ0) is 16.3. The highest BCUT2D eigenvalue weighted by Gasteiger charge is 2.65. The molecule has 0 radical (unpaired) electrons. The molecule has 0 bridgehead atoms. The number of carbonyl (C=O) groups excluding carboxylic acids is 2. The third kappa shape index (κ3) is 4.14. The number of ether oxygens (including phenoxy) is 2. The molecule has 0 aliphatic rings. The third-order valence-electron chi connectivity index (χ3n) is 2.32. The largest absolute Gasteiger partial charge is 0.469 e. The molecule has 0 saturated carbocycles. The van der Waals surface area contributed by atoms with E-state index >= 15 is 0 Å². The molecule has 0 spiro atoms. The average molecular weight is 312 g/mol. The molecule has 0 N–H and O–H groups in total. The standard InChI is InChI=1S/C12H9F5O4/c1-20-9(18)6-7-2-4-8(5-3-7)21-10(19)11(13,14)12(15,16)17/h2-5H,6H2,1H3. The van der Waals surface area contributed by atoms with Crippen molar-refractivity contribution >= 4 is 11.9 Å². The van der Waals surface area contributed by atoms with Crippen molar-refractivity contribution in [1.29, 1.82) is 0 Å². The van der Waals surface area contributed by atoms with E-state index in [1.807, 2.05) is 0 Å². The first-order chi connectivity index (χ1) is 9.57. The Morgan fingerprint density at radius 3 is 2.00 bits per heavy atom. The lowest BCUT2D eigenvalue weighted by Gasteiger charge is -2.17. The molecule has 4 nitrogen and oxygen atoms in total. The van der Waals surface area contributed by atoms with Crippen molar-refractivity contribution in [2.45, 2.75) is 18.5 Å². The first-order valence-corrected chi connectivity index (χ1v) is 5.40. The maximum Gasteiger partial charge on any atom is 0.465 e. The fraction of sp³-hybridized carbons (Fsp3) is 0.333. The first-order valence-electron chi connectivity index (χ1n) is 5.40. The average Bonchev–Trinajstić information content (AvgIpc) is 2.39. The predicted octanol–water partition coefficient (Wildman–Crippen LogP) is 2.51. The molecule has 0 heterocycles. The van der Waals surface area contributed by atoms with E-state index in [0.29, 0.717) is 5.56 Å². The Kier molecular flexibility index (Phi) is 4.87. The van der Waals surface area contributed by atoms with Crippen molar-refractivity contribution in [3.05, 3.63) is 29.8 Å². The van der Waals surface area contributed by atoms with Gasteiger partial charge in [0.1, 0.15) is 5.75 Å². The Balaban J connectivity index is 2.76. The minimum atomic E-state index is -6.03. The number of alkyl halides is 5. The van der Waals surface area contributed by atoms with Gasteiger partial charge in [-0.15, -0.1) is 0 Å². The number of halogens is 5. The van der Waals surface area contributed by atoms with Crippen LogP contribution in [0.4, 0.5) is 22.0 Å². The van der Waals surface area contributed by atoms with Gasteiger partial charge in [0.25, 0.3) is 0 Å². The Labute approximate surface area is 115 Å². The molecule has 1 aromatic rings. The number of hydrogen-bond donors (Lipinski definition) is 0. The van der Waals surface area contributed by atoms with Crippen molar-refractivity contribution in [3.63, 3.8) is 0 Å². The minimum Gasteiger partial charge on any atom is -0.469 e. The highest BCUT2D eigenvalue weighted by molar-refractivity contribution is 5.81. The summed E-state index contributed by atoms with van der Waals surface area (Å²) in [6, 6.07) is 4.43. The monoisotopic (exact) mass is 312 g/mol. The number of benzene rings is 1. The van der Waals surface area contributed by atoms with Gasteiger partial charge < -0.3 is 9.47 Å². The van der Waals surface area contributed by atoms with E-state index in [9.17, 15) is 31.5 Å². The molecule has 1 rings (SSSR count). The zero-order valence-electron chi connectivity index (χ0n) is 10.5. The summed E-state index contributed by atoms with van der Waals surface area (Å²) in [6.07, 6.45) is -6.15. The molecule has 1 aromatic carbocycles. The lowest BCUT2D eigenvalue weighted by atomic mass is 10.1. The highest BCUT2D eigenvalue weighted by atomic mass is 19.4. The molecule has 0 saturated heterocycles. The Morgan fingerprint density at radius 1 is 1.05 bits per heavy atom. The molecule has 21 heavy (non-hydrogen) atoms. The van der Waals surface area contributed by atoms with E-state index < -0.39 is 29.8 Å². The number of methoxy groups -OCH3 is 1. The second-order valence-electron chi connectivity index (χ2n) is 3.86. The lowest BCUT2D eigenvalue weighted by Crippen LogP contribution is -2.46. The highest BCUT2D eigenvalue weighted by Crippen LogP contribution is 2.36. The van der Waals surface area contributed by atoms with E-state index in [0.717, 1.165) is 19.2 Å². The number of esters is 2. The summed E-state index contributed by atoms with van der Waals surface area (Å²) in [5.41, 5.74) is 0.407. The molecular formula is C12H9F5O4. The van der Waals surface area contributed by atoms with Gasteiger partial charge in [0.15, 0.2) is 0 Å². The van der Waals surface area contributed by atoms with Crippen LogP contribution in [-0.4, -0.2) is 31.1 Å². The molecule has 0 atom stereocenters. The van der Waals surface area contributed by atoms with Crippen LogP contribution < -0.4 is 4.74 Å². The van der Waals surface area contributed by atoms with Crippen molar-refractivity contribution in [1.82, 2.24) is 0 Å². The lowest BCUT2D eigenvalue weighted by molar-refractivity contribution is -0.276. The van der Waals surface area contributed by atoms with Gasteiger partial charge in [-0.25, -0.2) is 4.79 Å². The van der Waals surface area contributed by atoms with Crippen LogP contribution in [-0.2, 0) is 20.7 Å². The van der Waals surface area contributed by atoms with Crippen LogP contribution in [0.25, 0.3) is 0 Å². The molecule has 9 heteroatoms. The van der Waals surface area contributed by atoms with Gasteiger partial charge in [-0.1, -0.05) is 12.1 Å². The van der Waals surface area contributed by atoms with Gasteiger partial charge >= 0.3 is 24.0 Å². The molecule has 0 amide bonds. The molecule has 0 aliphatic carbocycles. The number of hydrogen-bond acceptors (Lipinski definition) is 4. The Bertz CT molecular complexity index is 521. The summed E-state index contributed by atoms with van der Waals surface area (Å²) in [4.78, 5) is 21.8. The van der Waals surface area contributed by atoms with Crippen LogP contribution in [0.2, 0.25) is 0 Å². The van der Waals surface area contributed by atoms with E-state index in [1.54, 1.807) is 0 Å². The first kappa shape index (κ1) is 16.9. The van der Waals surface area contributed by atoms with Gasteiger partial charge in [-0.05, 0) is 17.7 Å². The normalized spacial score (nSPS) is 11.9. The predicted molar refractivity (Wildman–Crippen MR) is 58.8 cm³/mol. The van der Waals surface area contributed by atoms with Crippen molar-refractivity contribution < 1.29 is 41.0 Å². The fourth-order valence-corrected chi connectivity index (χ4v) is 1.20. The number of rotatable bonds is 4. The quantitative estimate of drug-likeness (QED) is 0.487. The van der Waals surface area contributed by atoms with Crippen molar-refractivity contribution in [2.24, 2.45) is 0 Å². The Morgan fingerprint density at radius 2 is 1.57 bits per heavy atom. The topological polar surface area (TPSA) is 52.6 Å². The summed E-state index contributed by atoms with van der Waals surface area (Å²) in [7, 11) is 1.16. The molecule has 0 aliphatic heterocycles. The van der Waals surface area contributed by atoms with Gasteiger partial charge in [0.05, 0.1) is 13.5 Å². The van der Waals surface area contributed by atoms with Gasteiger partial charge in [0.2, 0.25) is 0 Å². The summed E-state index contributed by atoms with van der Waals surface area (Å²) >= 11 is 0. The summed E-state index contributed by atoms with van der Waals surface area (Å²) in [5.74, 6) is -9.39. The van der Waals surface area contributed by atoms with E-state index in [-0.39, 0.29) is 6.42 Å².